The van der Waals surface area contributed by atoms with Crippen LogP contribution in [0.1, 0.15) is 48.2 Å². The molecule has 0 fully saturated rings. The van der Waals surface area contributed by atoms with Gasteiger partial charge in [0, 0.05) is 10.0 Å². The minimum atomic E-state index is 0.0329. The molecule has 0 N–H and O–H groups in total. The topological polar surface area (TPSA) is 26.3 Å². The van der Waals surface area contributed by atoms with Gasteiger partial charge in [-0.3, -0.25) is 4.79 Å². The van der Waals surface area contributed by atoms with Crippen LogP contribution < -0.4 is 4.74 Å². The standard InChI is InChI=1S/C18H19BrO2/c1-11(2)16-7-5-14(9-12(16)3)21-15-6-8-17(13(4)20)18(19)10-15/h5-11H,1-4H3. The van der Waals surface area contributed by atoms with E-state index in [1.165, 1.54) is 11.1 Å². The Hall–Kier alpha value is -1.61. The molecule has 2 nitrogen and oxygen atoms in total. The van der Waals surface area contributed by atoms with E-state index in [1.807, 2.05) is 24.3 Å². The Bertz CT molecular complexity index is 675. The summed E-state index contributed by atoms with van der Waals surface area (Å²) >= 11 is 3.41. The van der Waals surface area contributed by atoms with E-state index < -0.39 is 0 Å². The molecular formula is C18H19BrO2. The van der Waals surface area contributed by atoms with Crippen molar-refractivity contribution >= 4 is 21.7 Å². The largest absolute Gasteiger partial charge is 0.457 e. The van der Waals surface area contributed by atoms with Crippen molar-refractivity contribution in [2.24, 2.45) is 0 Å². The Morgan fingerprint density at radius 1 is 1.10 bits per heavy atom. The van der Waals surface area contributed by atoms with Crippen LogP contribution in [0.25, 0.3) is 0 Å². The third kappa shape index (κ3) is 3.73. The van der Waals surface area contributed by atoms with E-state index in [0.29, 0.717) is 17.2 Å². The average molecular weight is 347 g/mol. The third-order valence-corrected chi connectivity index (χ3v) is 4.07. The zero-order valence-corrected chi connectivity index (χ0v) is 14.3. The number of benzene rings is 2. The zero-order chi connectivity index (χ0) is 15.6. The maximum atomic E-state index is 11.4. The minimum Gasteiger partial charge on any atom is -0.457 e. The molecule has 0 atom stereocenters. The van der Waals surface area contributed by atoms with Gasteiger partial charge in [0.2, 0.25) is 0 Å². The maximum absolute atomic E-state index is 11.4. The molecule has 0 heterocycles. The van der Waals surface area contributed by atoms with E-state index in [1.54, 1.807) is 13.0 Å². The molecule has 0 unspecified atom stereocenters. The van der Waals surface area contributed by atoms with Crippen LogP contribution in [0.4, 0.5) is 0 Å². The van der Waals surface area contributed by atoms with Crippen LogP contribution in [-0.4, -0.2) is 5.78 Å². The second kappa shape index (κ2) is 6.44. The highest BCUT2D eigenvalue weighted by molar-refractivity contribution is 9.10. The lowest BCUT2D eigenvalue weighted by atomic mass is 9.98. The first-order valence-electron chi connectivity index (χ1n) is 6.97. The number of hydrogen-bond acceptors (Lipinski definition) is 2. The van der Waals surface area contributed by atoms with Crippen LogP contribution in [-0.2, 0) is 0 Å². The van der Waals surface area contributed by atoms with Gasteiger partial charge in [0.15, 0.2) is 5.78 Å². The van der Waals surface area contributed by atoms with E-state index in [4.69, 9.17) is 4.74 Å². The van der Waals surface area contributed by atoms with Gasteiger partial charge < -0.3 is 4.74 Å². The molecule has 2 aromatic rings. The van der Waals surface area contributed by atoms with Crippen molar-refractivity contribution in [2.45, 2.75) is 33.6 Å². The van der Waals surface area contributed by atoms with Gasteiger partial charge in [-0.15, -0.1) is 0 Å². The highest BCUT2D eigenvalue weighted by atomic mass is 79.9. The van der Waals surface area contributed by atoms with E-state index in [0.717, 1.165) is 10.2 Å². The number of aryl methyl sites for hydroxylation is 1. The number of halogens is 1. The Balaban J connectivity index is 2.24. The molecule has 2 rings (SSSR count). The molecule has 0 radical (unpaired) electrons. The predicted molar refractivity (Wildman–Crippen MR) is 89.5 cm³/mol. The van der Waals surface area contributed by atoms with Crippen molar-refractivity contribution in [2.75, 3.05) is 0 Å². The third-order valence-electron chi connectivity index (χ3n) is 3.42. The molecule has 21 heavy (non-hydrogen) atoms. The molecule has 0 saturated heterocycles. The molecule has 0 aliphatic rings. The fourth-order valence-electron chi connectivity index (χ4n) is 2.34. The van der Waals surface area contributed by atoms with E-state index in [-0.39, 0.29) is 5.78 Å². The molecule has 0 saturated carbocycles. The molecule has 0 bridgehead atoms. The highest BCUT2D eigenvalue weighted by Crippen LogP contribution is 2.29. The Morgan fingerprint density at radius 3 is 2.24 bits per heavy atom. The normalized spacial score (nSPS) is 10.8. The first kappa shape index (κ1) is 15.8. The second-order valence-electron chi connectivity index (χ2n) is 5.47. The summed E-state index contributed by atoms with van der Waals surface area (Å²) < 4.78 is 6.62. The quantitative estimate of drug-likeness (QED) is 0.646. The average Bonchev–Trinajstić information content (AvgIpc) is 2.37. The lowest BCUT2D eigenvalue weighted by Crippen LogP contribution is -1.95. The van der Waals surface area contributed by atoms with Gasteiger partial charge in [-0.1, -0.05) is 19.9 Å². The fourth-order valence-corrected chi connectivity index (χ4v) is 2.98. The maximum Gasteiger partial charge on any atom is 0.160 e. The number of ether oxygens (including phenoxy) is 1. The van der Waals surface area contributed by atoms with Gasteiger partial charge >= 0.3 is 0 Å². The molecule has 0 spiro atoms. The SMILES string of the molecule is CC(=O)c1ccc(Oc2ccc(C(C)C)c(C)c2)cc1Br. The van der Waals surface area contributed by atoms with Gasteiger partial charge in [-0.2, -0.15) is 0 Å². The minimum absolute atomic E-state index is 0.0329. The fraction of sp³-hybridized carbons (Fsp3) is 0.278. The smallest absolute Gasteiger partial charge is 0.160 e. The zero-order valence-electron chi connectivity index (χ0n) is 12.7. The van der Waals surface area contributed by atoms with Crippen LogP contribution in [0.5, 0.6) is 11.5 Å². The summed E-state index contributed by atoms with van der Waals surface area (Å²) in [5, 5.41) is 0. The molecule has 0 aliphatic heterocycles. The van der Waals surface area contributed by atoms with Crippen molar-refractivity contribution in [3.8, 4) is 11.5 Å². The Labute approximate surface area is 134 Å². The monoisotopic (exact) mass is 346 g/mol. The highest BCUT2D eigenvalue weighted by Gasteiger charge is 2.08. The van der Waals surface area contributed by atoms with Gasteiger partial charge in [0.1, 0.15) is 11.5 Å². The summed E-state index contributed by atoms with van der Waals surface area (Å²) in [6.07, 6.45) is 0. The van der Waals surface area contributed by atoms with Crippen molar-refractivity contribution in [3.63, 3.8) is 0 Å². The Kier molecular flexibility index (Phi) is 4.84. The summed E-state index contributed by atoms with van der Waals surface area (Å²) in [6, 6.07) is 11.5. The van der Waals surface area contributed by atoms with Crippen LogP contribution in [0.3, 0.4) is 0 Å². The van der Waals surface area contributed by atoms with Gasteiger partial charge in [0.05, 0.1) is 0 Å². The molecular weight excluding hydrogens is 328 g/mol. The number of rotatable bonds is 4. The summed E-state index contributed by atoms with van der Waals surface area (Å²) in [5.74, 6) is 2.05. The van der Waals surface area contributed by atoms with Gasteiger partial charge in [-0.25, -0.2) is 0 Å². The second-order valence-corrected chi connectivity index (χ2v) is 6.33. The number of Topliss-reactive ketones (excluding diaryl/α,β-unsaturated/α-hetero) is 1. The van der Waals surface area contributed by atoms with Crippen molar-refractivity contribution in [3.05, 3.63) is 57.6 Å². The van der Waals surface area contributed by atoms with Crippen LogP contribution >= 0.6 is 15.9 Å². The first-order valence-corrected chi connectivity index (χ1v) is 7.76. The molecule has 110 valence electrons. The van der Waals surface area contributed by atoms with E-state index in [2.05, 4.69) is 42.8 Å². The lowest BCUT2D eigenvalue weighted by molar-refractivity contribution is 0.101. The lowest BCUT2D eigenvalue weighted by Gasteiger charge is -2.13. The van der Waals surface area contributed by atoms with Crippen molar-refractivity contribution < 1.29 is 9.53 Å². The van der Waals surface area contributed by atoms with Gasteiger partial charge in [-0.05, 0) is 77.2 Å². The number of carbonyl (C=O) groups is 1. The van der Waals surface area contributed by atoms with Crippen LogP contribution in [0.15, 0.2) is 40.9 Å². The van der Waals surface area contributed by atoms with Crippen LogP contribution in [0, 0.1) is 6.92 Å². The number of carbonyl (C=O) groups excluding carboxylic acids is 1. The summed E-state index contributed by atoms with van der Waals surface area (Å²) in [5.41, 5.74) is 3.21. The molecule has 0 aliphatic carbocycles. The molecule has 2 aromatic carbocycles. The number of hydrogen-bond donors (Lipinski definition) is 0. The Morgan fingerprint density at radius 2 is 1.71 bits per heavy atom. The first-order chi connectivity index (χ1) is 9.88. The summed E-state index contributed by atoms with van der Waals surface area (Å²) in [6.45, 7) is 8.01. The number of ketones is 1. The molecule has 0 amide bonds. The van der Waals surface area contributed by atoms with E-state index >= 15 is 0 Å². The van der Waals surface area contributed by atoms with Crippen LogP contribution in [0.2, 0.25) is 0 Å². The predicted octanol–water partition coefficient (Wildman–Crippen LogP) is 5.88. The van der Waals surface area contributed by atoms with Crippen molar-refractivity contribution in [1.29, 1.82) is 0 Å². The summed E-state index contributed by atoms with van der Waals surface area (Å²) in [7, 11) is 0. The molecule has 0 aromatic heterocycles. The molecule has 3 heteroatoms. The summed E-state index contributed by atoms with van der Waals surface area (Å²) in [4.78, 5) is 11.4. The van der Waals surface area contributed by atoms with Crippen molar-refractivity contribution in [1.82, 2.24) is 0 Å². The van der Waals surface area contributed by atoms with Gasteiger partial charge in [0.25, 0.3) is 0 Å². The van der Waals surface area contributed by atoms with E-state index in [9.17, 15) is 4.79 Å².